The Kier molecular flexibility index (Phi) is 3.94. The molecule has 0 unspecified atom stereocenters. The summed E-state index contributed by atoms with van der Waals surface area (Å²) in [5.74, 6) is 0. The summed E-state index contributed by atoms with van der Waals surface area (Å²) in [4.78, 5) is 0. The molecule has 1 aromatic carbocycles. The van der Waals surface area contributed by atoms with Crippen LogP contribution >= 0.6 is 0 Å². The van der Waals surface area contributed by atoms with E-state index in [1.165, 1.54) is 16.7 Å². The van der Waals surface area contributed by atoms with E-state index in [1.54, 1.807) is 0 Å². The summed E-state index contributed by atoms with van der Waals surface area (Å²) >= 11 is 0. The lowest BCUT2D eigenvalue weighted by Crippen LogP contribution is -2.01. The zero-order chi connectivity index (χ0) is 12.1. The van der Waals surface area contributed by atoms with E-state index in [0.29, 0.717) is 0 Å². The molecule has 0 saturated carbocycles. The smallest absolute Gasteiger partial charge is 0.0659 e. The summed E-state index contributed by atoms with van der Waals surface area (Å²) in [5.41, 5.74) is 9.33. The fourth-order valence-electron chi connectivity index (χ4n) is 1.81. The molecule has 0 aliphatic carbocycles. The molecule has 0 radical (unpaired) electrons. The molecule has 1 heterocycles. The lowest BCUT2D eigenvalue weighted by molar-refractivity contribution is 0.685. The fraction of sp³-hybridized carbons (Fsp3) is 0.357. The zero-order valence-corrected chi connectivity index (χ0v) is 10.3. The van der Waals surface area contributed by atoms with Crippen LogP contribution < -0.4 is 5.73 Å². The third-order valence-electron chi connectivity index (χ3n) is 2.82. The second kappa shape index (κ2) is 5.64. The maximum atomic E-state index is 5.49. The monoisotopic (exact) mass is 229 g/mol. The standard InChI is InChI=1S/C14H19N3/c1-12-4-6-13(7-5-12)10-17-11-14(9-16-17)3-2-8-15/h4-7,9,11H,2-3,8,10,15H2,1H3. The molecule has 2 rings (SSSR count). The quantitative estimate of drug-likeness (QED) is 0.853. The van der Waals surface area contributed by atoms with Crippen molar-refractivity contribution in [1.82, 2.24) is 9.78 Å². The summed E-state index contributed by atoms with van der Waals surface area (Å²) in [6.45, 7) is 3.68. The van der Waals surface area contributed by atoms with Crippen molar-refractivity contribution in [2.45, 2.75) is 26.3 Å². The second-order valence-electron chi connectivity index (χ2n) is 4.42. The van der Waals surface area contributed by atoms with Crippen molar-refractivity contribution in [2.24, 2.45) is 5.73 Å². The van der Waals surface area contributed by atoms with Gasteiger partial charge in [-0.15, -0.1) is 0 Å². The first-order valence-electron chi connectivity index (χ1n) is 6.05. The molecule has 1 aromatic heterocycles. The number of benzene rings is 1. The molecule has 0 amide bonds. The van der Waals surface area contributed by atoms with E-state index < -0.39 is 0 Å². The molecule has 0 aliphatic heterocycles. The largest absolute Gasteiger partial charge is 0.330 e. The fourth-order valence-corrected chi connectivity index (χ4v) is 1.81. The van der Waals surface area contributed by atoms with Gasteiger partial charge in [-0.25, -0.2) is 0 Å². The zero-order valence-electron chi connectivity index (χ0n) is 10.3. The van der Waals surface area contributed by atoms with Gasteiger partial charge in [0.2, 0.25) is 0 Å². The van der Waals surface area contributed by atoms with Gasteiger partial charge in [0.1, 0.15) is 0 Å². The van der Waals surface area contributed by atoms with E-state index in [2.05, 4.69) is 42.5 Å². The van der Waals surface area contributed by atoms with Gasteiger partial charge in [0.05, 0.1) is 12.7 Å². The average Bonchev–Trinajstić information content (AvgIpc) is 2.77. The minimum absolute atomic E-state index is 0.739. The molecule has 0 bridgehead atoms. The van der Waals surface area contributed by atoms with Gasteiger partial charge in [-0.05, 0) is 37.4 Å². The third-order valence-corrected chi connectivity index (χ3v) is 2.82. The minimum Gasteiger partial charge on any atom is -0.330 e. The molecule has 90 valence electrons. The highest BCUT2D eigenvalue weighted by atomic mass is 15.3. The summed E-state index contributed by atoms with van der Waals surface area (Å²) < 4.78 is 1.98. The molecule has 0 spiro atoms. The van der Waals surface area contributed by atoms with E-state index in [9.17, 15) is 0 Å². The molecular formula is C14H19N3. The number of nitrogens with zero attached hydrogens (tertiary/aromatic N) is 2. The van der Waals surface area contributed by atoms with E-state index in [1.807, 2.05) is 10.9 Å². The van der Waals surface area contributed by atoms with Crippen LogP contribution in [0, 0.1) is 6.92 Å². The number of aryl methyl sites for hydroxylation is 2. The molecule has 0 saturated heterocycles. The van der Waals surface area contributed by atoms with Gasteiger partial charge in [-0.2, -0.15) is 5.10 Å². The molecule has 0 fully saturated rings. The highest BCUT2D eigenvalue weighted by molar-refractivity contribution is 5.21. The first-order chi connectivity index (χ1) is 8.28. The van der Waals surface area contributed by atoms with Gasteiger partial charge >= 0.3 is 0 Å². The van der Waals surface area contributed by atoms with Crippen LogP contribution in [0.2, 0.25) is 0 Å². The van der Waals surface area contributed by atoms with E-state index in [0.717, 1.165) is 25.9 Å². The van der Waals surface area contributed by atoms with Crippen LogP contribution in [0.5, 0.6) is 0 Å². The molecule has 3 nitrogen and oxygen atoms in total. The number of rotatable bonds is 5. The molecule has 3 heteroatoms. The summed E-state index contributed by atoms with van der Waals surface area (Å²) in [7, 11) is 0. The first-order valence-corrected chi connectivity index (χ1v) is 6.05. The Labute approximate surface area is 102 Å². The Morgan fingerprint density at radius 3 is 2.65 bits per heavy atom. The molecule has 17 heavy (non-hydrogen) atoms. The minimum atomic E-state index is 0.739. The predicted molar refractivity (Wildman–Crippen MR) is 69.9 cm³/mol. The maximum absolute atomic E-state index is 5.49. The van der Waals surface area contributed by atoms with Gasteiger partial charge in [-0.1, -0.05) is 29.8 Å². The molecule has 0 atom stereocenters. The van der Waals surface area contributed by atoms with E-state index in [4.69, 9.17) is 5.73 Å². The van der Waals surface area contributed by atoms with Crippen LogP contribution in [0.3, 0.4) is 0 Å². The Morgan fingerprint density at radius 1 is 1.18 bits per heavy atom. The Morgan fingerprint density at radius 2 is 1.94 bits per heavy atom. The molecule has 0 aliphatic rings. The first kappa shape index (κ1) is 11.9. The molecule has 2 N–H and O–H groups in total. The number of nitrogens with two attached hydrogens (primary N) is 1. The van der Waals surface area contributed by atoms with Gasteiger partial charge in [0.15, 0.2) is 0 Å². The topological polar surface area (TPSA) is 43.8 Å². The number of aromatic nitrogens is 2. The summed E-state index contributed by atoms with van der Waals surface area (Å²) in [6, 6.07) is 8.56. The molecule has 2 aromatic rings. The van der Waals surface area contributed by atoms with Gasteiger partial charge in [0.25, 0.3) is 0 Å². The highest BCUT2D eigenvalue weighted by Crippen LogP contribution is 2.07. The van der Waals surface area contributed by atoms with Gasteiger partial charge in [0, 0.05) is 6.20 Å². The Hall–Kier alpha value is -1.61. The highest BCUT2D eigenvalue weighted by Gasteiger charge is 1.99. The van der Waals surface area contributed by atoms with Crippen LogP contribution in [-0.4, -0.2) is 16.3 Å². The molecular weight excluding hydrogens is 210 g/mol. The average molecular weight is 229 g/mol. The normalized spacial score (nSPS) is 10.7. The van der Waals surface area contributed by atoms with Crippen molar-refractivity contribution in [2.75, 3.05) is 6.54 Å². The number of hydrogen-bond donors (Lipinski definition) is 1. The van der Waals surface area contributed by atoms with Crippen molar-refractivity contribution in [3.05, 3.63) is 53.3 Å². The van der Waals surface area contributed by atoms with Gasteiger partial charge < -0.3 is 5.73 Å². The lowest BCUT2D eigenvalue weighted by Gasteiger charge is -2.02. The Balaban J connectivity index is 1.98. The van der Waals surface area contributed by atoms with E-state index >= 15 is 0 Å². The lowest BCUT2D eigenvalue weighted by atomic mass is 10.1. The van der Waals surface area contributed by atoms with Crippen molar-refractivity contribution in [3.8, 4) is 0 Å². The van der Waals surface area contributed by atoms with Crippen LogP contribution in [0.25, 0.3) is 0 Å². The maximum Gasteiger partial charge on any atom is 0.0659 e. The summed E-state index contributed by atoms with van der Waals surface area (Å²) in [5, 5.41) is 4.36. The van der Waals surface area contributed by atoms with Crippen LogP contribution in [0.15, 0.2) is 36.7 Å². The SMILES string of the molecule is Cc1ccc(Cn2cc(CCCN)cn2)cc1. The van der Waals surface area contributed by atoms with Crippen molar-refractivity contribution >= 4 is 0 Å². The van der Waals surface area contributed by atoms with Crippen LogP contribution in [0.4, 0.5) is 0 Å². The van der Waals surface area contributed by atoms with E-state index in [-0.39, 0.29) is 0 Å². The van der Waals surface area contributed by atoms with Crippen LogP contribution in [-0.2, 0) is 13.0 Å². The summed E-state index contributed by atoms with van der Waals surface area (Å²) in [6.07, 6.45) is 6.08. The van der Waals surface area contributed by atoms with Crippen molar-refractivity contribution in [3.63, 3.8) is 0 Å². The van der Waals surface area contributed by atoms with Crippen LogP contribution in [0.1, 0.15) is 23.1 Å². The van der Waals surface area contributed by atoms with Crippen molar-refractivity contribution in [1.29, 1.82) is 0 Å². The second-order valence-corrected chi connectivity index (χ2v) is 4.42. The Bertz CT molecular complexity index is 457. The van der Waals surface area contributed by atoms with Gasteiger partial charge in [-0.3, -0.25) is 4.68 Å². The van der Waals surface area contributed by atoms with Crippen molar-refractivity contribution < 1.29 is 0 Å². The third kappa shape index (κ3) is 3.43. The predicted octanol–water partition coefficient (Wildman–Crippen LogP) is 2.13. The number of hydrogen-bond acceptors (Lipinski definition) is 2.